The molecule has 0 unspecified atom stereocenters. The molecule has 1 aliphatic heterocycles. The van der Waals surface area contributed by atoms with Gasteiger partial charge in [0.05, 0.1) is 10.7 Å². The molecule has 1 aromatic carbocycles. The second-order valence-corrected chi connectivity index (χ2v) is 5.35. The summed E-state index contributed by atoms with van der Waals surface area (Å²) in [6.45, 7) is 2.26. The number of halogens is 2. The number of nitrogens with one attached hydrogen (secondary N) is 1. The Morgan fingerprint density at radius 1 is 1.05 bits per heavy atom. The number of nitrogens with zero attached hydrogens (tertiary/aromatic N) is 1. The lowest BCUT2D eigenvalue weighted by atomic mass is 9.99. The predicted octanol–water partition coefficient (Wildman–Crippen LogP) is 4.12. The van der Waals surface area contributed by atoms with Crippen LogP contribution in [0.25, 0.3) is 11.3 Å². The van der Waals surface area contributed by atoms with Crippen LogP contribution in [0.2, 0.25) is 0 Å². The fraction of sp³-hybridized carbons (Fsp3) is 0.357. The van der Waals surface area contributed by atoms with E-state index >= 15 is 0 Å². The van der Waals surface area contributed by atoms with E-state index < -0.39 is 0 Å². The Kier molecular flexibility index (Phi) is 6.80. The highest BCUT2D eigenvalue weighted by Crippen LogP contribution is 2.30. The van der Waals surface area contributed by atoms with Crippen molar-refractivity contribution in [3.63, 3.8) is 0 Å². The minimum absolute atomic E-state index is 0. The first-order chi connectivity index (χ1) is 8.43. The highest BCUT2D eigenvalue weighted by Gasteiger charge is 2.18. The van der Waals surface area contributed by atoms with Crippen molar-refractivity contribution in [1.29, 1.82) is 0 Å². The summed E-state index contributed by atoms with van der Waals surface area (Å²) in [5, 5.41) is 6.90. The number of aromatic nitrogens is 1. The summed E-state index contributed by atoms with van der Waals surface area (Å²) < 4.78 is 0. The number of benzene rings is 1. The molecule has 3 rings (SSSR count). The van der Waals surface area contributed by atoms with Crippen LogP contribution >= 0.6 is 36.2 Å². The fourth-order valence-electron chi connectivity index (χ4n) is 2.29. The zero-order chi connectivity index (χ0) is 11.5. The van der Waals surface area contributed by atoms with Crippen molar-refractivity contribution in [3.8, 4) is 11.3 Å². The van der Waals surface area contributed by atoms with Crippen LogP contribution < -0.4 is 5.32 Å². The Hall–Kier alpha value is -0.610. The maximum absolute atomic E-state index is 4.79. The van der Waals surface area contributed by atoms with Gasteiger partial charge in [-0.15, -0.1) is 36.2 Å². The van der Waals surface area contributed by atoms with Crippen molar-refractivity contribution in [1.82, 2.24) is 10.3 Å². The van der Waals surface area contributed by atoms with E-state index in [2.05, 4.69) is 35.0 Å². The van der Waals surface area contributed by atoms with Crippen molar-refractivity contribution >= 4 is 36.2 Å². The minimum atomic E-state index is 0. The summed E-state index contributed by atoms with van der Waals surface area (Å²) in [4.78, 5) is 4.79. The van der Waals surface area contributed by atoms with Crippen molar-refractivity contribution in [3.05, 3.63) is 40.7 Å². The maximum Gasteiger partial charge on any atom is 0.0964 e. The Morgan fingerprint density at radius 2 is 1.74 bits per heavy atom. The molecule has 0 amide bonds. The van der Waals surface area contributed by atoms with Gasteiger partial charge >= 0.3 is 0 Å². The Balaban J connectivity index is 0.000000902. The predicted molar refractivity (Wildman–Crippen MR) is 86.9 cm³/mol. The zero-order valence-electron chi connectivity index (χ0n) is 10.5. The van der Waals surface area contributed by atoms with E-state index in [-0.39, 0.29) is 24.8 Å². The molecule has 5 heteroatoms. The van der Waals surface area contributed by atoms with Gasteiger partial charge in [-0.25, -0.2) is 4.98 Å². The summed E-state index contributed by atoms with van der Waals surface area (Å²) in [5.74, 6) is 0.665. The monoisotopic (exact) mass is 316 g/mol. The molecule has 0 aliphatic carbocycles. The van der Waals surface area contributed by atoms with Crippen LogP contribution in [-0.4, -0.2) is 18.1 Å². The topological polar surface area (TPSA) is 24.9 Å². The van der Waals surface area contributed by atoms with Gasteiger partial charge in [0.1, 0.15) is 0 Å². The molecule has 0 radical (unpaired) electrons. The Morgan fingerprint density at radius 3 is 2.42 bits per heavy atom. The molecule has 1 aliphatic rings. The lowest BCUT2D eigenvalue weighted by Crippen LogP contribution is -2.26. The van der Waals surface area contributed by atoms with Gasteiger partial charge < -0.3 is 5.32 Å². The summed E-state index contributed by atoms with van der Waals surface area (Å²) in [7, 11) is 0. The molecule has 104 valence electrons. The second kappa shape index (κ2) is 7.85. The average molecular weight is 317 g/mol. The number of rotatable bonds is 2. The molecule has 1 N–H and O–H groups in total. The van der Waals surface area contributed by atoms with Gasteiger partial charge in [-0.05, 0) is 25.9 Å². The molecule has 0 saturated carbocycles. The summed E-state index contributed by atoms with van der Waals surface area (Å²) in [6.07, 6.45) is 2.45. The second-order valence-electron chi connectivity index (χ2n) is 4.46. The molecular formula is C14H18Cl2N2S. The largest absolute Gasteiger partial charge is 0.317 e. The lowest BCUT2D eigenvalue weighted by molar-refractivity contribution is 0.459. The first-order valence-corrected chi connectivity index (χ1v) is 7.03. The average Bonchev–Trinajstić information content (AvgIpc) is 2.90. The van der Waals surface area contributed by atoms with Crippen LogP contribution in [0, 0.1) is 0 Å². The molecule has 0 spiro atoms. The Labute approximate surface area is 130 Å². The Bertz CT molecular complexity index is 481. The van der Waals surface area contributed by atoms with Crippen molar-refractivity contribution in [2.45, 2.75) is 18.8 Å². The molecule has 1 aromatic heterocycles. The van der Waals surface area contributed by atoms with Crippen molar-refractivity contribution in [2.75, 3.05) is 13.1 Å². The zero-order valence-corrected chi connectivity index (χ0v) is 13.0. The highest BCUT2D eigenvalue weighted by atomic mass is 35.5. The van der Waals surface area contributed by atoms with Gasteiger partial charge in [0.25, 0.3) is 0 Å². The molecule has 1 saturated heterocycles. The molecular weight excluding hydrogens is 299 g/mol. The van der Waals surface area contributed by atoms with E-state index in [1.807, 2.05) is 17.4 Å². The van der Waals surface area contributed by atoms with Gasteiger partial charge in [0, 0.05) is 16.9 Å². The third kappa shape index (κ3) is 3.93. The standard InChI is InChI=1S/C14H16N2S.2ClH/c1-2-4-11(5-3-1)13-10-17-14(16-13)12-6-8-15-9-7-12;;/h1-5,10,12,15H,6-9H2;2*1H. The van der Waals surface area contributed by atoms with Crippen LogP contribution in [0.1, 0.15) is 23.8 Å². The third-order valence-corrected chi connectivity index (χ3v) is 4.29. The number of thiazole rings is 1. The smallest absolute Gasteiger partial charge is 0.0964 e. The van der Waals surface area contributed by atoms with Gasteiger partial charge in [-0.3, -0.25) is 0 Å². The van der Waals surface area contributed by atoms with Crippen LogP contribution in [0.5, 0.6) is 0 Å². The first-order valence-electron chi connectivity index (χ1n) is 6.15. The molecule has 0 atom stereocenters. The molecule has 2 nitrogen and oxygen atoms in total. The van der Waals surface area contributed by atoms with Gasteiger partial charge in [0.2, 0.25) is 0 Å². The van der Waals surface area contributed by atoms with E-state index in [9.17, 15) is 0 Å². The molecule has 0 bridgehead atoms. The van der Waals surface area contributed by atoms with Crippen LogP contribution in [0.4, 0.5) is 0 Å². The minimum Gasteiger partial charge on any atom is -0.317 e. The third-order valence-electron chi connectivity index (χ3n) is 3.28. The summed E-state index contributed by atoms with van der Waals surface area (Å²) >= 11 is 1.81. The maximum atomic E-state index is 4.79. The van der Waals surface area contributed by atoms with Crippen molar-refractivity contribution < 1.29 is 0 Å². The van der Waals surface area contributed by atoms with Gasteiger partial charge in [-0.2, -0.15) is 0 Å². The summed E-state index contributed by atoms with van der Waals surface area (Å²) in [6, 6.07) is 10.4. The normalized spacial score (nSPS) is 15.4. The lowest BCUT2D eigenvalue weighted by Gasteiger charge is -2.20. The van der Waals surface area contributed by atoms with Gasteiger partial charge in [0.15, 0.2) is 0 Å². The highest BCUT2D eigenvalue weighted by molar-refractivity contribution is 7.10. The van der Waals surface area contributed by atoms with E-state index in [0.29, 0.717) is 5.92 Å². The molecule has 19 heavy (non-hydrogen) atoms. The van der Waals surface area contributed by atoms with Crippen LogP contribution in [0.15, 0.2) is 35.7 Å². The van der Waals surface area contributed by atoms with Crippen molar-refractivity contribution in [2.24, 2.45) is 0 Å². The number of piperidine rings is 1. The SMILES string of the molecule is Cl.Cl.c1ccc(-c2csc(C3CCNCC3)n2)cc1. The first kappa shape index (κ1) is 16.4. The molecule has 1 fully saturated rings. The fourth-order valence-corrected chi connectivity index (χ4v) is 3.29. The van der Waals surface area contributed by atoms with Gasteiger partial charge in [-0.1, -0.05) is 30.3 Å². The quantitative estimate of drug-likeness (QED) is 0.901. The molecule has 2 heterocycles. The van der Waals surface area contributed by atoms with Crippen LogP contribution in [0.3, 0.4) is 0 Å². The van der Waals surface area contributed by atoms with E-state index in [4.69, 9.17) is 4.98 Å². The summed E-state index contributed by atoms with van der Waals surface area (Å²) in [5.41, 5.74) is 2.35. The van der Waals surface area contributed by atoms with Crippen LogP contribution in [-0.2, 0) is 0 Å². The number of hydrogen-bond donors (Lipinski definition) is 1. The van der Waals surface area contributed by atoms with E-state index in [1.54, 1.807) is 0 Å². The molecule has 2 aromatic rings. The van der Waals surface area contributed by atoms with E-state index in [1.165, 1.54) is 23.4 Å². The number of hydrogen-bond acceptors (Lipinski definition) is 3. The van der Waals surface area contributed by atoms with E-state index in [0.717, 1.165) is 18.8 Å².